The highest BCUT2D eigenvalue weighted by molar-refractivity contribution is 9.10. The van der Waals surface area contributed by atoms with Gasteiger partial charge in [0.25, 0.3) is 0 Å². The fourth-order valence-electron chi connectivity index (χ4n) is 2.24. The minimum atomic E-state index is -3.67. The Morgan fingerprint density at radius 1 is 1.40 bits per heavy atom. The van der Waals surface area contributed by atoms with Crippen LogP contribution in [0.25, 0.3) is 0 Å². The third-order valence-electron chi connectivity index (χ3n) is 3.33. The third-order valence-corrected chi connectivity index (χ3v) is 5.30. The summed E-state index contributed by atoms with van der Waals surface area (Å²) in [5, 5.41) is 9.45. The number of aromatic nitrogens is 1. The maximum absolute atomic E-state index is 12.4. The van der Waals surface area contributed by atoms with Crippen molar-refractivity contribution < 1.29 is 18.3 Å². The van der Waals surface area contributed by atoms with E-state index in [4.69, 9.17) is 4.74 Å². The summed E-state index contributed by atoms with van der Waals surface area (Å²) in [4.78, 5) is 4.01. The Morgan fingerprint density at radius 3 is 2.65 bits per heavy atom. The molecule has 0 atom stereocenters. The van der Waals surface area contributed by atoms with Gasteiger partial charge in [-0.1, -0.05) is 0 Å². The van der Waals surface area contributed by atoms with Gasteiger partial charge in [0, 0.05) is 6.04 Å². The van der Waals surface area contributed by atoms with Crippen LogP contribution in [0.5, 0.6) is 5.75 Å². The largest absolute Gasteiger partial charge is 0.494 e. The van der Waals surface area contributed by atoms with E-state index in [1.807, 2.05) is 0 Å². The van der Waals surface area contributed by atoms with Gasteiger partial charge in [0.05, 0.1) is 19.4 Å². The van der Waals surface area contributed by atoms with Crippen LogP contribution in [0.1, 0.15) is 25.7 Å². The van der Waals surface area contributed by atoms with Crippen LogP contribution in [0.3, 0.4) is 0 Å². The molecule has 20 heavy (non-hydrogen) atoms. The minimum Gasteiger partial charge on any atom is -0.494 e. The van der Waals surface area contributed by atoms with Crippen molar-refractivity contribution in [1.29, 1.82) is 0 Å². The molecule has 0 radical (unpaired) electrons. The lowest BCUT2D eigenvalue weighted by Crippen LogP contribution is -2.38. The fraction of sp³-hybridized carbons (Fsp3) is 0.583. The van der Waals surface area contributed by atoms with Gasteiger partial charge in [0.15, 0.2) is 5.75 Å². The lowest BCUT2D eigenvalue weighted by atomic mass is 9.94. The molecule has 112 valence electrons. The topological polar surface area (TPSA) is 88.5 Å². The number of aliphatic hydroxyl groups excluding tert-OH is 1. The molecule has 1 fully saturated rings. The van der Waals surface area contributed by atoms with Crippen molar-refractivity contribution in [2.24, 2.45) is 0 Å². The molecule has 0 bridgehead atoms. The number of pyridine rings is 1. The molecule has 1 aromatic heterocycles. The fourth-order valence-corrected chi connectivity index (χ4v) is 4.19. The zero-order valence-electron chi connectivity index (χ0n) is 11.0. The van der Waals surface area contributed by atoms with Gasteiger partial charge >= 0.3 is 0 Å². The molecule has 0 unspecified atom stereocenters. The molecule has 0 saturated heterocycles. The molecule has 6 nitrogen and oxygen atoms in total. The van der Waals surface area contributed by atoms with E-state index in [2.05, 4.69) is 25.6 Å². The zero-order chi connectivity index (χ0) is 14.8. The average Bonchev–Trinajstić information content (AvgIpc) is 2.41. The van der Waals surface area contributed by atoms with Crippen LogP contribution in [0.4, 0.5) is 0 Å². The number of aliphatic hydroxyl groups is 1. The number of rotatable bonds is 4. The minimum absolute atomic E-state index is 0.0630. The average molecular weight is 365 g/mol. The molecule has 1 aliphatic carbocycles. The predicted molar refractivity (Wildman–Crippen MR) is 77.1 cm³/mol. The second kappa shape index (κ2) is 6.38. The van der Waals surface area contributed by atoms with E-state index >= 15 is 0 Å². The van der Waals surface area contributed by atoms with E-state index in [-0.39, 0.29) is 22.8 Å². The SMILES string of the molecule is COc1cnc(Br)cc1S(=O)(=O)NC1CCC(O)CC1. The normalized spacial score (nSPS) is 23.6. The van der Waals surface area contributed by atoms with Crippen LogP contribution in [-0.2, 0) is 10.0 Å². The monoisotopic (exact) mass is 364 g/mol. The summed E-state index contributed by atoms with van der Waals surface area (Å²) in [6, 6.07) is 1.26. The van der Waals surface area contributed by atoms with Gasteiger partial charge in [-0.3, -0.25) is 0 Å². The highest BCUT2D eigenvalue weighted by Crippen LogP contribution is 2.27. The van der Waals surface area contributed by atoms with Gasteiger partial charge in [-0.15, -0.1) is 0 Å². The van der Waals surface area contributed by atoms with Crippen LogP contribution in [0.15, 0.2) is 21.8 Å². The second-order valence-electron chi connectivity index (χ2n) is 4.78. The van der Waals surface area contributed by atoms with Gasteiger partial charge in [0.1, 0.15) is 9.50 Å². The van der Waals surface area contributed by atoms with Crippen LogP contribution in [0, 0.1) is 0 Å². The molecular formula is C12H17BrN2O4S. The van der Waals surface area contributed by atoms with Crippen LogP contribution >= 0.6 is 15.9 Å². The Kier molecular flexibility index (Phi) is 5.00. The molecule has 1 heterocycles. The summed E-state index contributed by atoms with van der Waals surface area (Å²) in [7, 11) is -2.27. The molecule has 1 aromatic rings. The number of hydrogen-bond acceptors (Lipinski definition) is 5. The first-order valence-corrected chi connectivity index (χ1v) is 8.60. The Labute approximate surface area is 126 Å². The van der Waals surface area contributed by atoms with E-state index in [9.17, 15) is 13.5 Å². The standard InChI is InChI=1S/C12H17BrN2O4S/c1-19-10-7-14-12(13)6-11(10)20(17,18)15-8-2-4-9(16)5-3-8/h6-9,15-16H,2-5H2,1H3. The molecular weight excluding hydrogens is 348 g/mol. The van der Waals surface area contributed by atoms with Crippen molar-refractivity contribution in [3.05, 3.63) is 16.9 Å². The lowest BCUT2D eigenvalue weighted by molar-refractivity contribution is 0.120. The van der Waals surface area contributed by atoms with Gasteiger partial charge in [-0.25, -0.2) is 18.1 Å². The Balaban J connectivity index is 2.20. The highest BCUT2D eigenvalue weighted by atomic mass is 79.9. The third kappa shape index (κ3) is 3.69. The molecule has 0 aromatic carbocycles. The van der Waals surface area contributed by atoms with Crippen molar-refractivity contribution in [2.45, 2.75) is 42.7 Å². The van der Waals surface area contributed by atoms with Crippen molar-refractivity contribution >= 4 is 26.0 Å². The van der Waals surface area contributed by atoms with Crippen molar-refractivity contribution in [3.8, 4) is 5.75 Å². The number of hydrogen-bond donors (Lipinski definition) is 2. The molecule has 1 saturated carbocycles. The summed E-state index contributed by atoms with van der Waals surface area (Å²) >= 11 is 3.16. The molecule has 0 spiro atoms. The lowest BCUT2D eigenvalue weighted by Gasteiger charge is -2.26. The van der Waals surface area contributed by atoms with Crippen molar-refractivity contribution in [2.75, 3.05) is 7.11 Å². The number of halogens is 1. The summed E-state index contributed by atoms with van der Waals surface area (Å²) in [5.41, 5.74) is 0. The number of nitrogens with one attached hydrogen (secondary N) is 1. The second-order valence-corrected chi connectivity index (χ2v) is 7.28. The summed E-state index contributed by atoms with van der Waals surface area (Å²) in [6.07, 6.45) is 3.54. The first-order valence-electron chi connectivity index (χ1n) is 6.32. The zero-order valence-corrected chi connectivity index (χ0v) is 13.4. The van der Waals surface area contributed by atoms with Gasteiger partial charge in [-0.05, 0) is 47.7 Å². The maximum Gasteiger partial charge on any atom is 0.244 e. The molecule has 8 heteroatoms. The number of methoxy groups -OCH3 is 1. The van der Waals surface area contributed by atoms with Crippen LogP contribution in [-0.4, -0.2) is 37.8 Å². The molecule has 0 amide bonds. The number of ether oxygens (including phenoxy) is 1. The summed E-state index contributed by atoms with van der Waals surface area (Å²) in [6.45, 7) is 0. The van der Waals surface area contributed by atoms with Crippen molar-refractivity contribution in [1.82, 2.24) is 9.71 Å². The van der Waals surface area contributed by atoms with Crippen LogP contribution < -0.4 is 9.46 Å². The molecule has 0 aliphatic heterocycles. The summed E-state index contributed by atoms with van der Waals surface area (Å²) < 4.78 is 33.0. The van der Waals surface area contributed by atoms with E-state index in [0.29, 0.717) is 30.3 Å². The van der Waals surface area contributed by atoms with E-state index in [1.54, 1.807) is 0 Å². The maximum atomic E-state index is 12.4. The van der Waals surface area contributed by atoms with Gasteiger partial charge in [-0.2, -0.15) is 0 Å². The van der Waals surface area contributed by atoms with E-state index in [1.165, 1.54) is 19.4 Å². The van der Waals surface area contributed by atoms with Gasteiger partial charge in [0.2, 0.25) is 10.0 Å². The number of nitrogens with zero attached hydrogens (tertiary/aromatic N) is 1. The van der Waals surface area contributed by atoms with Gasteiger partial charge < -0.3 is 9.84 Å². The Bertz CT molecular complexity index is 571. The van der Waals surface area contributed by atoms with E-state index < -0.39 is 10.0 Å². The predicted octanol–water partition coefficient (Wildman–Crippen LogP) is 1.43. The first kappa shape index (κ1) is 15.7. The highest BCUT2D eigenvalue weighted by Gasteiger charge is 2.27. The molecule has 2 rings (SSSR count). The van der Waals surface area contributed by atoms with E-state index in [0.717, 1.165) is 0 Å². The summed E-state index contributed by atoms with van der Waals surface area (Å²) in [5.74, 6) is 0.205. The Morgan fingerprint density at radius 2 is 2.05 bits per heavy atom. The van der Waals surface area contributed by atoms with Crippen molar-refractivity contribution in [3.63, 3.8) is 0 Å². The molecule has 2 N–H and O–H groups in total. The first-order chi connectivity index (χ1) is 9.42. The number of sulfonamides is 1. The smallest absolute Gasteiger partial charge is 0.244 e. The van der Waals surface area contributed by atoms with Crippen LogP contribution in [0.2, 0.25) is 0 Å². The quantitative estimate of drug-likeness (QED) is 0.789. The molecule has 1 aliphatic rings. The Hall–Kier alpha value is -0.700.